The summed E-state index contributed by atoms with van der Waals surface area (Å²) in [6, 6.07) is 5.27. The molecule has 0 atom stereocenters. The van der Waals surface area contributed by atoms with Gasteiger partial charge < -0.3 is 14.8 Å². The molecule has 1 heterocycles. The minimum Gasteiger partial charge on any atom is -0.496 e. The first-order valence-electron chi connectivity index (χ1n) is 7.56. The lowest BCUT2D eigenvalue weighted by Gasteiger charge is -2.20. The van der Waals surface area contributed by atoms with Crippen LogP contribution in [0.2, 0.25) is 0 Å². The monoisotopic (exact) mass is 364 g/mol. The van der Waals surface area contributed by atoms with E-state index in [1.54, 1.807) is 45.0 Å². The summed E-state index contributed by atoms with van der Waals surface area (Å²) in [6.07, 6.45) is 1.08. The Morgan fingerprint density at radius 3 is 2.60 bits per heavy atom. The number of benzene rings is 1. The van der Waals surface area contributed by atoms with E-state index in [-0.39, 0.29) is 6.54 Å². The molecule has 0 saturated carbocycles. The van der Waals surface area contributed by atoms with Crippen LogP contribution in [-0.4, -0.2) is 30.0 Å². The highest BCUT2D eigenvalue weighted by Crippen LogP contribution is 2.27. The van der Waals surface area contributed by atoms with Crippen molar-refractivity contribution in [2.24, 2.45) is 0 Å². The molecule has 1 aliphatic rings. The number of alkyl carbamates (subject to hydrolysis) is 1. The highest BCUT2D eigenvalue weighted by Gasteiger charge is 2.25. The third-order valence-corrected chi connectivity index (χ3v) is 3.88. The van der Waals surface area contributed by atoms with Crippen LogP contribution in [0.25, 0.3) is 6.08 Å². The summed E-state index contributed by atoms with van der Waals surface area (Å²) in [5, 5.41) is 4.48. The lowest BCUT2D eigenvalue weighted by molar-refractivity contribution is -0.115. The number of methoxy groups -OCH3 is 1. The number of carbonyl (C=O) groups excluding carboxylic acids is 3. The highest BCUT2D eigenvalue weighted by atomic mass is 32.2. The zero-order chi connectivity index (χ0) is 18.6. The Bertz CT molecular complexity index is 737. The number of imide groups is 1. The van der Waals surface area contributed by atoms with E-state index in [2.05, 4.69) is 10.6 Å². The van der Waals surface area contributed by atoms with Crippen LogP contribution in [0.5, 0.6) is 5.75 Å². The van der Waals surface area contributed by atoms with E-state index in [0.29, 0.717) is 16.2 Å². The van der Waals surface area contributed by atoms with Crippen LogP contribution in [0.3, 0.4) is 0 Å². The number of rotatable bonds is 4. The van der Waals surface area contributed by atoms with Gasteiger partial charge in [-0.2, -0.15) is 0 Å². The zero-order valence-corrected chi connectivity index (χ0v) is 15.3. The van der Waals surface area contributed by atoms with Crippen molar-refractivity contribution in [2.75, 3.05) is 7.11 Å². The number of thioether (sulfide) groups is 1. The van der Waals surface area contributed by atoms with Crippen LogP contribution in [0.4, 0.5) is 9.59 Å². The maximum absolute atomic E-state index is 11.8. The van der Waals surface area contributed by atoms with Crippen molar-refractivity contribution < 1.29 is 23.9 Å². The average molecular weight is 364 g/mol. The normalized spacial score (nSPS) is 15.9. The predicted octanol–water partition coefficient (Wildman–Crippen LogP) is 3.04. The molecule has 2 N–H and O–H groups in total. The van der Waals surface area contributed by atoms with Gasteiger partial charge in [0.05, 0.1) is 12.0 Å². The van der Waals surface area contributed by atoms with Crippen molar-refractivity contribution in [1.82, 2.24) is 10.6 Å². The van der Waals surface area contributed by atoms with Crippen LogP contribution < -0.4 is 15.4 Å². The quantitative estimate of drug-likeness (QED) is 0.798. The molecule has 0 aliphatic carbocycles. The van der Waals surface area contributed by atoms with Gasteiger partial charge in [-0.05, 0) is 56.3 Å². The van der Waals surface area contributed by atoms with E-state index in [4.69, 9.17) is 9.47 Å². The van der Waals surface area contributed by atoms with Crippen molar-refractivity contribution in [3.05, 3.63) is 34.2 Å². The van der Waals surface area contributed by atoms with Gasteiger partial charge >= 0.3 is 6.09 Å². The average Bonchev–Trinajstić information content (AvgIpc) is 2.81. The van der Waals surface area contributed by atoms with Gasteiger partial charge in [-0.15, -0.1) is 0 Å². The van der Waals surface area contributed by atoms with Gasteiger partial charge in [0.2, 0.25) is 0 Å². The van der Waals surface area contributed by atoms with Crippen molar-refractivity contribution in [2.45, 2.75) is 32.9 Å². The third kappa shape index (κ3) is 5.53. The van der Waals surface area contributed by atoms with Crippen molar-refractivity contribution >= 4 is 35.1 Å². The van der Waals surface area contributed by atoms with E-state index in [1.807, 2.05) is 0 Å². The molecule has 25 heavy (non-hydrogen) atoms. The smallest absolute Gasteiger partial charge is 0.407 e. The molecule has 134 valence electrons. The summed E-state index contributed by atoms with van der Waals surface area (Å²) in [6.45, 7) is 5.55. The first-order chi connectivity index (χ1) is 11.7. The number of hydrogen-bond donors (Lipinski definition) is 2. The fourth-order valence-corrected chi connectivity index (χ4v) is 2.76. The maximum atomic E-state index is 11.8. The lowest BCUT2D eigenvalue weighted by atomic mass is 10.1. The van der Waals surface area contributed by atoms with Crippen LogP contribution in [0, 0.1) is 0 Å². The summed E-state index contributed by atoms with van der Waals surface area (Å²) >= 11 is 0.849. The Morgan fingerprint density at radius 1 is 1.32 bits per heavy atom. The SMILES string of the molecule is COc1ccc(C=C2SC(=O)NC2=O)cc1CNC(=O)OC(C)(C)C. The maximum Gasteiger partial charge on any atom is 0.407 e. The largest absolute Gasteiger partial charge is 0.496 e. The molecular weight excluding hydrogens is 344 g/mol. The number of ether oxygens (including phenoxy) is 2. The first-order valence-corrected chi connectivity index (χ1v) is 8.38. The topological polar surface area (TPSA) is 93.7 Å². The van der Waals surface area contributed by atoms with E-state index in [0.717, 1.165) is 17.3 Å². The first kappa shape index (κ1) is 18.9. The van der Waals surface area contributed by atoms with Crippen molar-refractivity contribution in [3.63, 3.8) is 0 Å². The van der Waals surface area contributed by atoms with Gasteiger partial charge in [0.25, 0.3) is 11.1 Å². The van der Waals surface area contributed by atoms with Gasteiger partial charge in [0.1, 0.15) is 11.4 Å². The predicted molar refractivity (Wildman–Crippen MR) is 95.2 cm³/mol. The number of hydrogen-bond acceptors (Lipinski definition) is 6. The molecule has 0 aromatic heterocycles. The molecule has 7 nitrogen and oxygen atoms in total. The van der Waals surface area contributed by atoms with Crippen LogP contribution in [0.1, 0.15) is 31.9 Å². The summed E-state index contributed by atoms with van der Waals surface area (Å²) in [5.41, 5.74) is 0.853. The van der Waals surface area contributed by atoms with E-state index < -0.39 is 22.8 Å². The van der Waals surface area contributed by atoms with E-state index in [1.165, 1.54) is 7.11 Å². The molecule has 0 unspecified atom stereocenters. The zero-order valence-electron chi connectivity index (χ0n) is 14.5. The molecular formula is C17H20N2O5S. The fourth-order valence-electron chi connectivity index (χ4n) is 2.08. The lowest BCUT2D eigenvalue weighted by Crippen LogP contribution is -2.32. The van der Waals surface area contributed by atoms with Gasteiger partial charge in [0, 0.05) is 12.1 Å². The van der Waals surface area contributed by atoms with E-state index in [9.17, 15) is 14.4 Å². The molecule has 2 rings (SSSR count). The Labute approximate surface area is 150 Å². The highest BCUT2D eigenvalue weighted by molar-refractivity contribution is 8.18. The summed E-state index contributed by atoms with van der Waals surface area (Å²) in [4.78, 5) is 35.0. The summed E-state index contributed by atoms with van der Waals surface area (Å²) < 4.78 is 10.5. The Balaban J connectivity index is 2.14. The van der Waals surface area contributed by atoms with Crippen LogP contribution in [0.15, 0.2) is 23.1 Å². The Hall–Kier alpha value is -2.48. The minimum atomic E-state index is -0.583. The second-order valence-electron chi connectivity index (χ2n) is 6.28. The number of nitrogens with one attached hydrogen (secondary N) is 2. The third-order valence-electron chi connectivity index (χ3n) is 3.07. The molecule has 1 fully saturated rings. The molecule has 8 heteroatoms. The second kappa shape index (κ2) is 7.60. The van der Waals surface area contributed by atoms with E-state index >= 15 is 0 Å². The molecule has 1 aromatic rings. The molecule has 1 aromatic carbocycles. The molecule has 0 spiro atoms. The second-order valence-corrected chi connectivity index (χ2v) is 7.29. The van der Waals surface area contributed by atoms with Crippen LogP contribution in [-0.2, 0) is 16.1 Å². The molecule has 1 saturated heterocycles. The number of amides is 3. The van der Waals surface area contributed by atoms with Crippen molar-refractivity contribution in [1.29, 1.82) is 0 Å². The summed E-state index contributed by atoms with van der Waals surface area (Å²) in [5.74, 6) is 0.178. The molecule has 1 aliphatic heterocycles. The van der Waals surface area contributed by atoms with Gasteiger partial charge in [-0.25, -0.2) is 4.79 Å². The molecule has 3 amide bonds. The van der Waals surface area contributed by atoms with Crippen LogP contribution >= 0.6 is 11.8 Å². The molecule has 0 bridgehead atoms. The Morgan fingerprint density at radius 2 is 2.04 bits per heavy atom. The summed E-state index contributed by atoms with van der Waals surface area (Å²) in [7, 11) is 1.53. The minimum absolute atomic E-state index is 0.202. The van der Waals surface area contributed by atoms with Crippen molar-refractivity contribution in [3.8, 4) is 5.75 Å². The standard InChI is InChI=1S/C17H20N2O5S/c1-17(2,3)24-15(21)18-9-11-7-10(5-6-12(11)23-4)8-13-14(20)19-16(22)25-13/h5-8H,9H2,1-4H3,(H,18,21)(H,19,20,22). The fraction of sp³-hybridized carbons (Fsp3) is 0.353. The molecule has 0 radical (unpaired) electrons. The van der Waals surface area contributed by atoms with Gasteiger partial charge in [-0.1, -0.05) is 6.07 Å². The Kier molecular flexibility index (Phi) is 5.73. The van der Waals surface area contributed by atoms with Gasteiger partial charge in [-0.3, -0.25) is 14.9 Å². The number of carbonyl (C=O) groups is 3. The van der Waals surface area contributed by atoms with Gasteiger partial charge in [0.15, 0.2) is 0 Å².